The minimum Gasteiger partial charge on any atom is -0.373 e. The van der Waals surface area contributed by atoms with Gasteiger partial charge in [0.1, 0.15) is 17.3 Å². The van der Waals surface area contributed by atoms with Crippen LogP contribution in [0.15, 0.2) is 42.7 Å². The van der Waals surface area contributed by atoms with E-state index in [0.717, 1.165) is 25.0 Å². The maximum Gasteiger partial charge on any atom is 0.301 e. The Kier molecular flexibility index (Phi) is 6.71. The van der Waals surface area contributed by atoms with Crippen molar-refractivity contribution in [3.8, 4) is 11.4 Å². The van der Waals surface area contributed by atoms with Gasteiger partial charge in [0, 0.05) is 18.4 Å². The number of pyridine rings is 1. The van der Waals surface area contributed by atoms with Gasteiger partial charge in [-0.15, -0.1) is 0 Å². The van der Waals surface area contributed by atoms with Crippen molar-refractivity contribution < 1.29 is 23.5 Å². The fourth-order valence-electron chi connectivity index (χ4n) is 3.90. The zero-order chi connectivity index (χ0) is 23.5. The molecular weight excluding hydrogens is 430 g/mol. The van der Waals surface area contributed by atoms with Gasteiger partial charge in [-0.25, -0.2) is 18.7 Å². The van der Waals surface area contributed by atoms with Gasteiger partial charge < -0.3 is 4.74 Å². The molecule has 9 heteroatoms. The second-order valence-electron chi connectivity index (χ2n) is 8.13. The smallest absolute Gasteiger partial charge is 0.301 e. The Morgan fingerprint density at radius 2 is 1.91 bits per heavy atom. The standard InChI is InChI=1S/C24H24F2N4O3/c1-14(2)21-20(18-10-3-4-12-33-18)22(24(31)30(32)15-7-6-11-27-13-15)29-23(28-21)19-16(25)8-5-9-17(19)26/h5-9,11,13-14,18,32H,3-4,10,12H2,1-2H3. The van der Waals surface area contributed by atoms with Crippen molar-refractivity contribution in [3.05, 3.63) is 71.3 Å². The summed E-state index contributed by atoms with van der Waals surface area (Å²) in [5.41, 5.74) is 0.400. The quantitative estimate of drug-likeness (QED) is 0.420. The number of nitrogens with zero attached hydrogens (tertiary/aromatic N) is 4. The van der Waals surface area contributed by atoms with Crippen LogP contribution in [0, 0.1) is 11.6 Å². The molecule has 3 heterocycles. The van der Waals surface area contributed by atoms with Crippen molar-refractivity contribution in [1.29, 1.82) is 0 Å². The van der Waals surface area contributed by atoms with Gasteiger partial charge in [-0.3, -0.25) is 15.0 Å². The van der Waals surface area contributed by atoms with Gasteiger partial charge in [-0.1, -0.05) is 19.9 Å². The zero-order valence-electron chi connectivity index (χ0n) is 18.3. The highest BCUT2D eigenvalue weighted by molar-refractivity contribution is 6.04. The first-order valence-corrected chi connectivity index (χ1v) is 10.8. The SMILES string of the molecule is CC(C)c1nc(-c2c(F)cccc2F)nc(C(=O)N(O)c2cccnc2)c1C1CCCCO1. The van der Waals surface area contributed by atoms with Crippen LogP contribution >= 0.6 is 0 Å². The predicted molar refractivity (Wildman–Crippen MR) is 117 cm³/mol. The number of anilines is 1. The van der Waals surface area contributed by atoms with Crippen LogP contribution in [0.1, 0.15) is 66.9 Å². The molecule has 172 valence electrons. The van der Waals surface area contributed by atoms with E-state index >= 15 is 0 Å². The summed E-state index contributed by atoms with van der Waals surface area (Å²) in [6, 6.07) is 6.51. The number of hydrogen-bond donors (Lipinski definition) is 1. The van der Waals surface area contributed by atoms with Crippen molar-refractivity contribution in [2.75, 3.05) is 11.7 Å². The Labute approximate surface area is 190 Å². The molecule has 7 nitrogen and oxygen atoms in total. The molecule has 1 atom stereocenters. The second-order valence-corrected chi connectivity index (χ2v) is 8.13. The van der Waals surface area contributed by atoms with Crippen LogP contribution in [0.5, 0.6) is 0 Å². The summed E-state index contributed by atoms with van der Waals surface area (Å²) in [6.07, 6.45) is 4.75. The Morgan fingerprint density at radius 1 is 1.15 bits per heavy atom. The lowest BCUT2D eigenvalue weighted by atomic mass is 9.93. The van der Waals surface area contributed by atoms with Crippen molar-refractivity contribution in [2.24, 2.45) is 0 Å². The first-order valence-electron chi connectivity index (χ1n) is 10.8. The van der Waals surface area contributed by atoms with Gasteiger partial charge in [0.2, 0.25) is 0 Å². The lowest BCUT2D eigenvalue weighted by Crippen LogP contribution is -2.31. The third-order valence-corrected chi connectivity index (χ3v) is 5.50. The monoisotopic (exact) mass is 454 g/mol. The molecule has 1 fully saturated rings. The number of carbonyl (C=O) groups is 1. The molecule has 1 saturated heterocycles. The van der Waals surface area contributed by atoms with Crippen molar-refractivity contribution >= 4 is 11.6 Å². The molecular formula is C24H24F2N4O3. The number of ether oxygens (including phenoxy) is 1. The zero-order valence-corrected chi connectivity index (χ0v) is 18.3. The lowest BCUT2D eigenvalue weighted by Gasteiger charge is -2.28. The first kappa shape index (κ1) is 22.9. The molecule has 1 aliphatic heterocycles. The molecule has 1 N–H and O–H groups in total. The van der Waals surface area contributed by atoms with E-state index in [-0.39, 0.29) is 23.1 Å². The molecule has 0 spiro atoms. The van der Waals surface area contributed by atoms with E-state index in [1.165, 1.54) is 24.5 Å². The normalized spacial score (nSPS) is 16.1. The van der Waals surface area contributed by atoms with E-state index in [1.54, 1.807) is 6.07 Å². The molecule has 1 amide bonds. The Morgan fingerprint density at radius 3 is 2.52 bits per heavy atom. The van der Waals surface area contributed by atoms with Crippen LogP contribution in [-0.4, -0.2) is 32.7 Å². The highest BCUT2D eigenvalue weighted by Crippen LogP contribution is 2.37. The lowest BCUT2D eigenvalue weighted by molar-refractivity contribution is 0.0131. The number of halogens is 2. The number of aromatic nitrogens is 3. The summed E-state index contributed by atoms with van der Waals surface area (Å²) >= 11 is 0. The first-order chi connectivity index (χ1) is 15.9. The van der Waals surface area contributed by atoms with E-state index < -0.39 is 29.2 Å². The Bertz CT molecular complexity index is 1130. The Balaban J connectivity index is 1.94. The van der Waals surface area contributed by atoms with E-state index in [0.29, 0.717) is 29.3 Å². The van der Waals surface area contributed by atoms with Gasteiger partial charge in [0.05, 0.1) is 29.2 Å². The van der Waals surface area contributed by atoms with Gasteiger partial charge in [-0.2, -0.15) is 5.06 Å². The predicted octanol–water partition coefficient (Wildman–Crippen LogP) is 5.22. The summed E-state index contributed by atoms with van der Waals surface area (Å²) in [4.78, 5) is 26.1. The van der Waals surface area contributed by atoms with Gasteiger partial charge in [0.25, 0.3) is 0 Å². The number of hydrogen-bond acceptors (Lipinski definition) is 6. The van der Waals surface area contributed by atoms with Crippen LogP contribution in [-0.2, 0) is 4.74 Å². The molecule has 0 radical (unpaired) electrons. The second kappa shape index (κ2) is 9.68. The minimum atomic E-state index is -0.866. The van der Waals surface area contributed by atoms with Crippen molar-refractivity contribution in [3.63, 3.8) is 0 Å². The van der Waals surface area contributed by atoms with Gasteiger partial charge in [-0.05, 0) is 49.4 Å². The molecule has 1 aliphatic rings. The third-order valence-electron chi connectivity index (χ3n) is 5.50. The fourth-order valence-corrected chi connectivity index (χ4v) is 3.90. The molecule has 0 bridgehead atoms. The summed E-state index contributed by atoms with van der Waals surface area (Å²) in [6.45, 7) is 4.23. The molecule has 0 saturated carbocycles. The molecule has 2 aromatic heterocycles. The fraction of sp³-hybridized carbons (Fsp3) is 0.333. The summed E-state index contributed by atoms with van der Waals surface area (Å²) in [5.74, 6) is -3.04. The highest BCUT2D eigenvalue weighted by atomic mass is 19.1. The Hall–Kier alpha value is -3.30. The average molecular weight is 454 g/mol. The molecule has 33 heavy (non-hydrogen) atoms. The topological polar surface area (TPSA) is 88.4 Å². The molecule has 0 aliphatic carbocycles. The maximum absolute atomic E-state index is 14.6. The summed E-state index contributed by atoms with van der Waals surface area (Å²) in [7, 11) is 0. The average Bonchev–Trinajstić information content (AvgIpc) is 2.83. The highest BCUT2D eigenvalue weighted by Gasteiger charge is 2.33. The number of carbonyl (C=O) groups excluding carboxylic acids is 1. The van der Waals surface area contributed by atoms with E-state index in [1.807, 2.05) is 13.8 Å². The van der Waals surface area contributed by atoms with Crippen molar-refractivity contribution in [1.82, 2.24) is 15.0 Å². The largest absolute Gasteiger partial charge is 0.373 e. The van der Waals surface area contributed by atoms with E-state index in [2.05, 4.69) is 15.0 Å². The van der Waals surface area contributed by atoms with Crippen LogP contribution in [0.25, 0.3) is 11.4 Å². The van der Waals surface area contributed by atoms with E-state index in [9.17, 15) is 18.8 Å². The van der Waals surface area contributed by atoms with Gasteiger partial charge >= 0.3 is 5.91 Å². The van der Waals surface area contributed by atoms with Crippen LogP contribution in [0.3, 0.4) is 0 Å². The number of benzene rings is 1. The minimum absolute atomic E-state index is 0.126. The number of rotatable bonds is 5. The van der Waals surface area contributed by atoms with Crippen LogP contribution in [0.2, 0.25) is 0 Å². The molecule has 1 unspecified atom stereocenters. The summed E-state index contributed by atoms with van der Waals surface area (Å²) in [5, 5.41) is 11.1. The molecule has 3 aromatic rings. The van der Waals surface area contributed by atoms with Crippen LogP contribution in [0.4, 0.5) is 14.5 Å². The van der Waals surface area contributed by atoms with Crippen molar-refractivity contribution in [2.45, 2.75) is 45.1 Å². The number of hydroxylamine groups is 1. The van der Waals surface area contributed by atoms with Gasteiger partial charge in [0.15, 0.2) is 5.82 Å². The number of amides is 1. The van der Waals surface area contributed by atoms with Crippen LogP contribution < -0.4 is 5.06 Å². The maximum atomic E-state index is 14.6. The van der Waals surface area contributed by atoms with E-state index in [4.69, 9.17) is 4.74 Å². The molecule has 1 aromatic carbocycles. The summed E-state index contributed by atoms with van der Waals surface area (Å²) < 4.78 is 35.1. The molecule has 4 rings (SSSR count). The third kappa shape index (κ3) is 4.60.